The van der Waals surface area contributed by atoms with Crippen LogP contribution in [0.5, 0.6) is 0 Å². The van der Waals surface area contributed by atoms with E-state index >= 15 is 0 Å². The number of Topliss-reactive ketones (excluding diaryl/α,β-unsaturated/α-hetero) is 1. The van der Waals surface area contributed by atoms with Crippen LogP contribution in [0.1, 0.15) is 31.1 Å². The van der Waals surface area contributed by atoms with E-state index in [2.05, 4.69) is 0 Å². The maximum absolute atomic E-state index is 12.0. The monoisotopic (exact) mass is 288 g/mol. The molecule has 0 N–H and O–H groups in total. The molecule has 0 saturated heterocycles. The lowest BCUT2D eigenvalue weighted by atomic mass is 10.1. The summed E-state index contributed by atoms with van der Waals surface area (Å²) in [7, 11) is -3.41. The van der Waals surface area contributed by atoms with Gasteiger partial charge >= 0.3 is 0 Å². The van der Waals surface area contributed by atoms with Crippen LogP contribution in [0.3, 0.4) is 0 Å². The normalized spacial score (nSPS) is 13.6. The third kappa shape index (κ3) is 3.82. The van der Waals surface area contributed by atoms with E-state index < -0.39 is 26.6 Å². The van der Waals surface area contributed by atoms with Crippen molar-refractivity contribution in [3.8, 4) is 0 Å². The van der Waals surface area contributed by atoms with Gasteiger partial charge in [0, 0.05) is 10.6 Å². The summed E-state index contributed by atoms with van der Waals surface area (Å²) in [6.45, 7) is 5.28. The topological polar surface area (TPSA) is 51.2 Å². The molecule has 0 aliphatic heterocycles. The summed E-state index contributed by atoms with van der Waals surface area (Å²) in [5.41, 5.74) is 0.335. The fourth-order valence-electron chi connectivity index (χ4n) is 1.47. The predicted molar refractivity (Wildman–Crippen MR) is 73.9 cm³/mol. The Morgan fingerprint density at radius 2 is 1.89 bits per heavy atom. The fraction of sp³-hybridized carbons (Fsp3) is 0.462. The Bertz CT molecular complexity index is 535. The van der Waals surface area contributed by atoms with Gasteiger partial charge in [0.15, 0.2) is 15.6 Å². The molecule has 0 radical (unpaired) electrons. The smallest absolute Gasteiger partial charge is 0.177 e. The Morgan fingerprint density at radius 3 is 2.39 bits per heavy atom. The SMILES string of the molecule is CC(C)C(C)S(=O)(=O)CC(=O)c1cccc(Cl)c1. The van der Waals surface area contributed by atoms with Crippen LogP contribution in [0, 0.1) is 5.92 Å². The van der Waals surface area contributed by atoms with Crippen molar-refractivity contribution in [3.63, 3.8) is 0 Å². The standard InChI is InChI=1S/C13H17ClO3S/c1-9(2)10(3)18(16,17)8-13(15)11-5-4-6-12(14)7-11/h4-7,9-10H,8H2,1-3H3. The first-order valence-electron chi connectivity index (χ1n) is 5.74. The quantitative estimate of drug-likeness (QED) is 0.783. The first-order valence-corrected chi connectivity index (χ1v) is 7.83. The largest absolute Gasteiger partial charge is 0.293 e. The van der Waals surface area contributed by atoms with E-state index in [-0.39, 0.29) is 5.92 Å². The second-order valence-electron chi connectivity index (χ2n) is 4.69. The van der Waals surface area contributed by atoms with Crippen LogP contribution >= 0.6 is 11.6 Å². The van der Waals surface area contributed by atoms with Gasteiger partial charge in [-0.2, -0.15) is 0 Å². The van der Waals surface area contributed by atoms with E-state index in [0.29, 0.717) is 10.6 Å². The average molecular weight is 289 g/mol. The van der Waals surface area contributed by atoms with E-state index in [1.165, 1.54) is 6.07 Å². The Labute approximate surface area is 113 Å². The van der Waals surface area contributed by atoms with Crippen LogP contribution in [0.25, 0.3) is 0 Å². The Balaban J connectivity index is 2.89. The summed E-state index contributed by atoms with van der Waals surface area (Å²) in [6, 6.07) is 6.33. The third-order valence-corrected chi connectivity index (χ3v) is 5.56. The van der Waals surface area contributed by atoms with Crippen LogP contribution in [0.4, 0.5) is 0 Å². The van der Waals surface area contributed by atoms with Crippen molar-refractivity contribution in [1.29, 1.82) is 0 Å². The molecular formula is C13H17ClO3S. The molecule has 0 spiro atoms. The van der Waals surface area contributed by atoms with Crippen LogP contribution < -0.4 is 0 Å². The fourth-order valence-corrected chi connectivity index (χ4v) is 3.29. The maximum atomic E-state index is 12.0. The van der Waals surface area contributed by atoms with Crippen LogP contribution in [0.2, 0.25) is 5.02 Å². The molecule has 100 valence electrons. The van der Waals surface area contributed by atoms with Gasteiger partial charge in [-0.25, -0.2) is 8.42 Å². The summed E-state index contributed by atoms with van der Waals surface area (Å²) in [5, 5.41) is -0.101. The molecule has 5 heteroatoms. The lowest BCUT2D eigenvalue weighted by Crippen LogP contribution is -2.29. The molecule has 1 aromatic rings. The van der Waals surface area contributed by atoms with Crippen LogP contribution in [0.15, 0.2) is 24.3 Å². The van der Waals surface area contributed by atoms with Gasteiger partial charge in [-0.3, -0.25) is 4.79 Å². The Hall–Kier alpha value is -0.870. The second-order valence-corrected chi connectivity index (χ2v) is 7.48. The van der Waals surface area contributed by atoms with Crippen LogP contribution in [-0.4, -0.2) is 25.2 Å². The van der Waals surface area contributed by atoms with Gasteiger partial charge in [0.05, 0.1) is 5.25 Å². The third-order valence-electron chi connectivity index (χ3n) is 2.98. The van der Waals surface area contributed by atoms with Gasteiger partial charge in [-0.15, -0.1) is 0 Å². The molecule has 0 fully saturated rings. The number of benzene rings is 1. The van der Waals surface area contributed by atoms with Crippen molar-refractivity contribution in [1.82, 2.24) is 0 Å². The lowest BCUT2D eigenvalue weighted by Gasteiger charge is -2.15. The number of sulfone groups is 1. The number of carbonyl (C=O) groups is 1. The molecule has 0 aliphatic carbocycles. The summed E-state index contributed by atoms with van der Waals surface area (Å²) in [4.78, 5) is 11.9. The predicted octanol–water partition coefficient (Wildman–Crippen LogP) is 2.98. The molecule has 0 amide bonds. The van der Waals surface area contributed by atoms with Crippen LogP contribution in [-0.2, 0) is 9.84 Å². The second kappa shape index (κ2) is 5.85. The molecule has 3 nitrogen and oxygen atoms in total. The minimum absolute atomic E-state index is 0.0119. The van der Waals surface area contributed by atoms with E-state index in [1.807, 2.05) is 13.8 Å². The highest BCUT2D eigenvalue weighted by atomic mass is 35.5. The van der Waals surface area contributed by atoms with Gasteiger partial charge in [0.25, 0.3) is 0 Å². The Morgan fingerprint density at radius 1 is 1.28 bits per heavy atom. The zero-order chi connectivity index (χ0) is 13.9. The average Bonchev–Trinajstić information content (AvgIpc) is 2.27. The summed E-state index contributed by atoms with van der Waals surface area (Å²) < 4.78 is 24.0. The molecule has 0 bridgehead atoms. The number of hydrogen-bond donors (Lipinski definition) is 0. The molecule has 0 saturated carbocycles. The van der Waals surface area contributed by atoms with Crippen molar-refractivity contribution in [3.05, 3.63) is 34.9 Å². The Kier molecular flexibility index (Phi) is 4.93. The zero-order valence-corrected chi connectivity index (χ0v) is 12.3. The maximum Gasteiger partial charge on any atom is 0.177 e. The van der Waals surface area contributed by atoms with Crippen molar-refractivity contribution in [2.24, 2.45) is 5.92 Å². The molecule has 1 rings (SSSR count). The molecule has 1 unspecified atom stereocenters. The van der Waals surface area contributed by atoms with Gasteiger partial charge in [-0.1, -0.05) is 37.6 Å². The molecule has 18 heavy (non-hydrogen) atoms. The molecule has 1 aromatic carbocycles. The van der Waals surface area contributed by atoms with Crippen molar-refractivity contribution in [2.45, 2.75) is 26.0 Å². The molecule has 0 aromatic heterocycles. The number of hydrogen-bond acceptors (Lipinski definition) is 3. The zero-order valence-electron chi connectivity index (χ0n) is 10.7. The number of ketones is 1. The van der Waals surface area contributed by atoms with E-state index in [0.717, 1.165) is 0 Å². The first-order chi connectivity index (χ1) is 8.24. The number of rotatable bonds is 5. The van der Waals surface area contributed by atoms with Crippen molar-refractivity contribution < 1.29 is 13.2 Å². The van der Waals surface area contributed by atoms with Gasteiger partial charge in [0.1, 0.15) is 5.75 Å². The minimum Gasteiger partial charge on any atom is -0.293 e. The van der Waals surface area contributed by atoms with Gasteiger partial charge < -0.3 is 0 Å². The summed E-state index contributed by atoms with van der Waals surface area (Å²) in [6.07, 6.45) is 0. The molecule has 0 aliphatic rings. The highest BCUT2D eigenvalue weighted by Gasteiger charge is 2.27. The number of halogens is 1. The van der Waals surface area contributed by atoms with Gasteiger partial charge in [-0.05, 0) is 25.0 Å². The van der Waals surface area contributed by atoms with E-state index in [4.69, 9.17) is 11.6 Å². The minimum atomic E-state index is -3.41. The lowest BCUT2D eigenvalue weighted by molar-refractivity contribution is 0.102. The highest BCUT2D eigenvalue weighted by Crippen LogP contribution is 2.16. The highest BCUT2D eigenvalue weighted by molar-refractivity contribution is 7.92. The van der Waals surface area contributed by atoms with Crippen molar-refractivity contribution in [2.75, 3.05) is 5.75 Å². The number of carbonyl (C=O) groups excluding carboxylic acids is 1. The summed E-state index contributed by atoms with van der Waals surface area (Å²) >= 11 is 5.77. The molecular weight excluding hydrogens is 272 g/mol. The van der Waals surface area contributed by atoms with Gasteiger partial charge in [0.2, 0.25) is 0 Å². The molecule has 1 atom stereocenters. The van der Waals surface area contributed by atoms with Crippen molar-refractivity contribution >= 4 is 27.2 Å². The molecule has 0 heterocycles. The first kappa shape index (κ1) is 15.2. The summed E-state index contributed by atoms with van der Waals surface area (Å²) in [5.74, 6) is -0.890. The van der Waals surface area contributed by atoms with E-state index in [1.54, 1.807) is 25.1 Å². The van der Waals surface area contributed by atoms with E-state index in [9.17, 15) is 13.2 Å².